The molecule has 2 aliphatic rings. The van der Waals surface area contributed by atoms with Gasteiger partial charge in [-0.3, -0.25) is 9.69 Å². The Labute approximate surface area is 112 Å². The summed E-state index contributed by atoms with van der Waals surface area (Å²) in [6.07, 6.45) is 4.24. The van der Waals surface area contributed by atoms with Gasteiger partial charge in [0.2, 0.25) is 0 Å². The highest BCUT2D eigenvalue weighted by molar-refractivity contribution is 5.93. The van der Waals surface area contributed by atoms with E-state index in [-0.39, 0.29) is 12.0 Å². The number of nitrogens with zero attached hydrogens (tertiary/aromatic N) is 4. The molecule has 2 atom stereocenters. The molecule has 0 bridgehead atoms. The molecule has 0 spiro atoms. The van der Waals surface area contributed by atoms with Gasteiger partial charge in [-0.15, -0.1) is 0 Å². The molecule has 0 unspecified atom stereocenters. The van der Waals surface area contributed by atoms with Gasteiger partial charge in [0.05, 0.1) is 36.7 Å². The fourth-order valence-electron chi connectivity index (χ4n) is 2.83. The van der Waals surface area contributed by atoms with Crippen LogP contribution in [0.1, 0.15) is 16.8 Å². The van der Waals surface area contributed by atoms with Crippen LogP contribution in [0.25, 0.3) is 0 Å². The molecule has 0 aromatic carbocycles. The zero-order valence-corrected chi connectivity index (χ0v) is 11.0. The summed E-state index contributed by atoms with van der Waals surface area (Å²) in [5, 5.41) is 7.47. The van der Waals surface area contributed by atoms with Crippen LogP contribution in [0.15, 0.2) is 18.5 Å². The summed E-state index contributed by atoms with van der Waals surface area (Å²) >= 11 is 0. The van der Waals surface area contributed by atoms with E-state index in [2.05, 4.69) is 22.1 Å². The average Bonchev–Trinajstić information content (AvgIpc) is 2.47. The number of morpholine rings is 1. The minimum absolute atomic E-state index is 0.0346. The minimum atomic E-state index is 0.0346. The molecular weight excluding hydrogens is 244 g/mol. The van der Waals surface area contributed by atoms with Gasteiger partial charge in [-0.2, -0.15) is 10.2 Å². The second-order valence-corrected chi connectivity index (χ2v) is 5.13. The van der Waals surface area contributed by atoms with Crippen molar-refractivity contribution in [3.8, 4) is 0 Å². The summed E-state index contributed by atoms with van der Waals surface area (Å²) in [7, 11) is 2.10. The molecule has 3 rings (SSSR count). The molecule has 102 valence electrons. The topological polar surface area (TPSA) is 58.6 Å². The fraction of sp³-hybridized carbons (Fsp3) is 0.615. The van der Waals surface area contributed by atoms with Crippen LogP contribution in [0.3, 0.4) is 0 Å². The zero-order chi connectivity index (χ0) is 13.2. The van der Waals surface area contributed by atoms with E-state index in [1.165, 1.54) is 6.20 Å². The van der Waals surface area contributed by atoms with Crippen LogP contribution in [0, 0.1) is 0 Å². The van der Waals surface area contributed by atoms with E-state index in [0.717, 1.165) is 32.7 Å². The van der Waals surface area contributed by atoms with E-state index in [9.17, 15) is 4.79 Å². The van der Waals surface area contributed by atoms with Gasteiger partial charge in [0.15, 0.2) is 0 Å². The minimum Gasteiger partial charge on any atom is -0.375 e. The second kappa shape index (κ2) is 5.22. The van der Waals surface area contributed by atoms with Crippen molar-refractivity contribution in [3.63, 3.8) is 0 Å². The van der Waals surface area contributed by atoms with Gasteiger partial charge in [0.1, 0.15) is 0 Å². The first-order valence-electron chi connectivity index (χ1n) is 6.63. The lowest BCUT2D eigenvalue weighted by Gasteiger charge is -2.45. The number of aromatic nitrogens is 2. The number of carbonyl (C=O) groups is 1. The zero-order valence-electron chi connectivity index (χ0n) is 11.0. The lowest BCUT2D eigenvalue weighted by molar-refractivity contribution is -0.0893. The molecule has 2 aliphatic heterocycles. The van der Waals surface area contributed by atoms with E-state index >= 15 is 0 Å². The highest BCUT2D eigenvalue weighted by Gasteiger charge is 2.37. The molecule has 1 aromatic heterocycles. The molecule has 6 heteroatoms. The molecule has 0 saturated carbocycles. The van der Waals surface area contributed by atoms with Crippen LogP contribution < -0.4 is 0 Å². The number of fused-ring (bicyclic) bond motifs is 1. The SMILES string of the molecule is CN1CCO[C@H]2CCN(C(=O)c3ccnnc3)C[C@@H]21. The molecule has 19 heavy (non-hydrogen) atoms. The second-order valence-electron chi connectivity index (χ2n) is 5.13. The van der Waals surface area contributed by atoms with E-state index in [1.54, 1.807) is 12.3 Å². The van der Waals surface area contributed by atoms with E-state index in [4.69, 9.17) is 4.74 Å². The molecule has 2 saturated heterocycles. The average molecular weight is 262 g/mol. The summed E-state index contributed by atoms with van der Waals surface area (Å²) in [6, 6.07) is 2.02. The van der Waals surface area contributed by atoms with E-state index in [1.807, 2.05) is 4.90 Å². The lowest BCUT2D eigenvalue weighted by Crippen LogP contribution is -2.59. The fourth-order valence-corrected chi connectivity index (χ4v) is 2.83. The van der Waals surface area contributed by atoms with Gasteiger partial charge in [0.25, 0.3) is 5.91 Å². The standard InChI is InChI=1S/C13H18N4O2/c1-16-6-7-19-12-3-5-17(9-11(12)16)13(18)10-2-4-14-15-8-10/h2,4,8,11-12H,3,5-7,9H2,1H3/t11-,12-/m0/s1. The first kappa shape index (κ1) is 12.5. The molecule has 1 amide bonds. The molecule has 3 heterocycles. The number of rotatable bonds is 1. The lowest BCUT2D eigenvalue weighted by atomic mass is 9.98. The number of carbonyl (C=O) groups excluding carboxylic acids is 1. The van der Waals surface area contributed by atoms with Gasteiger partial charge in [0, 0.05) is 19.6 Å². The number of piperidine rings is 1. The third-order valence-electron chi connectivity index (χ3n) is 3.98. The summed E-state index contributed by atoms with van der Waals surface area (Å²) in [5.41, 5.74) is 0.604. The summed E-state index contributed by atoms with van der Waals surface area (Å²) < 4.78 is 5.78. The predicted octanol–water partition coefficient (Wildman–Crippen LogP) is 0.0217. The van der Waals surface area contributed by atoms with E-state index < -0.39 is 0 Å². The Morgan fingerprint density at radius 3 is 3.11 bits per heavy atom. The van der Waals surface area contributed by atoms with Gasteiger partial charge >= 0.3 is 0 Å². The molecule has 0 radical (unpaired) electrons. The van der Waals surface area contributed by atoms with E-state index in [0.29, 0.717) is 11.6 Å². The van der Waals surface area contributed by atoms with Crippen molar-refractivity contribution in [2.45, 2.75) is 18.6 Å². The van der Waals surface area contributed by atoms with Gasteiger partial charge in [-0.05, 0) is 19.5 Å². The van der Waals surface area contributed by atoms with Crippen LogP contribution in [-0.4, -0.2) is 71.3 Å². The van der Waals surface area contributed by atoms with Crippen molar-refractivity contribution < 1.29 is 9.53 Å². The number of hydrogen-bond donors (Lipinski definition) is 0. The summed E-state index contributed by atoms with van der Waals surface area (Å²) in [4.78, 5) is 16.6. The highest BCUT2D eigenvalue weighted by Crippen LogP contribution is 2.22. The van der Waals surface area contributed by atoms with Crippen molar-refractivity contribution >= 4 is 5.91 Å². The maximum absolute atomic E-state index is 12.4. The Balaban J connectivity index is 1.71. The Morgan fingerprint density at radius 1 is 1.42 bits per heavy atom. The largest absolute Gasteiger partial charge is 0.375 e. The molecule has 1 aromatic rings. The number of hydrogen-bond acceptors (Lipinski definition) is 5. The Kier molecular flexibility index (Phi) is 3.44. The van der Waals surface area contributed by atoms with Crippen molar-refractivity contribution in [3.05, 3.63) is 24.0 Å². The number of likely N-dealkylation sites (tertiary alicyclic amines) is 1. The Bertz CT molecular complexity index is 453. The molecular formula is C13H18N4O2. The molecule has 6 nitrogen and oxygen atoms in total. The number of likely N-dealkylation sites (N-methyl/N-ethyl adjacent to an activating group) is 1. The number of ether oxygens (including phenoxy) is 1. The third kappa shape index (κ3) is 2.46. The smallest absolute Gasteiger partial charge is 0.255 e. The maximum Gasteiger partial charge on any atom is 0.255 e. The maximum atomic E-state index is 12.4. The number of amides is 1. The van der Waals surface area contributed by atoms with Crippen LogP contribution in [0.5, 0.6) is 0 Å². The quantitative estimate of drug-likeness (QED) is 0.714. The first-order chi connectivity index (χ1) is 9.25. The van der Waals surface area contributed by atoms with Crippen LogP contribution in [-0.2, 0) is 4.74 Å². The third-order valence-corrected chi connectivity index (χ3v) is 3.98. The molecule has 2 fully saturated rings. The van der Waals surface area contributed by atoms with Crippen molar-refractivity contribution in [1.29, 1.82) is 0 Å². The van der Waals surface area contributed by atoms with Gasteiger partial charge < -0.3 is 9.64 Å². The normalized spacial score (nSPS) is 27.9. The summed E-state index contributed by atoms with van der Waals surface area (Å²) in [6.45, 7) is 3.19. The van der Waals surface area contributed by atoms with Crippen molar-refractivity contribution in [2.75, 3.05) is 33.3 Å². The van der Waals surface area contributed by atoms with Crippen molar-refractivity contribution in [1.82, 2.24) is 20.0 Å². The van der Waals surface area contributed by atoms with Crippen LogP contribution in [0.4, 0.5) is 0 Å². The highest BCUT2D eigenvalue weighted by atomic mass is 16.5. The predicted molar refractivity (Wildman–Crippen MR) is 68.7 cm³/mol. The van der Waals surface area contributed by atoms with Crippen LogP contribution >= 0.6 is 0 Å². The molecule has 0 aliphatic carbocycles. The first-order valence-corrected chi connectivity index (χ1v) is 6.63. The van der Waals surface area contributed by atoms with Crippen molar-refractivity contribution in [2.24, 2.45) is 0 Å². The summed E-state index contributed by atoms with van der Waals surface area (Å²) in [5.74, 6) is 0.0346. The van der Waals surface area contributed by atoms with Gasteiger partial charge in [-0.25, -0.2) is 0 Å². The monoisotopic (exact) mass is 262 g/mol. The Hall–Kier alpha value is -1.53. The van der Waals surface area contributed by atoms with Gasteiger partial charge in [-0.1, -0.05) is 0 Å². The van der Waals surface area contributed by atoms with Crippen LogP contribution in [0.2, 0.25) is 0 Å². The molecule has 0 N–H and O–H groups in total. The Morgan fingerprint density at radius 2 is 2.32 bits per heavy atom.